The van der Waals surface area contributed by atoms with Crippen molar-refractivity contribution in [3.8, 4) is 5.75 Å². The lowest BCUT2D eigenvalue weighted by Crippen LogP contribution is -2.44. The van der Waals surface area contributed by atoms with Crippen LogP contribution in [0.3, 0.4) is 0 Å². The standard InChI is InChI=1S/C15H15N3O3/c1-2-7-18-8-11-12(14(18)20)13(17-15(21)16-11)9-3-5-10(19)6-4-9/h2-6,13,19H,1,7-8H2,(H2,16,17,21)/t13-/m0/s1. The number of aromatic hydroxyl groups is 1. The van der Waals surface area contributed by atoms with Crippen molar-refractivity contribution < 1.29 is 14.7 Å². The van der Waals surface area contributed by atoms with Crippen LogP contribution in [0, 0.1) is 0 Å². The van der Waals surface area contributed by atoms with Gasteiger partial charge in [0.1, 0.15) is 5.75 Å². The molecule has 0 fully saturated rings. The number of hydrogen-bond acceptors (Lipinski definition) is 3. The molecule has 108 valence electrons. The van der Waals surface area contributed by atoms with Crippen molar-refractivity contribution in [2.24, 2.45) is 0 Å². The first-order valence-electron chi connectivity index (χ1n) is 6.60. The Bertz CT molecular complexity index is 649. The van der Waals surface area contributed by atoms with Crippen LogP contribution < -0.4 is 10.6 Å². The predicted octanol–water partition coefficient (Wildman–Crippen LogP) is 1.03. The van der Waals surface area contributed by atoms with Gasteiger partial charge in [-0.05, 0) is 17.7 Å². The molecular weight excluding hydrogens is 270 g/mol. The minimum atomic E-state index is -0.503. The molecule has 2 aliphatic heterocycles. The number of nitrogens with one attached hydrogen (secondary N) is 2. The van der Waals surface area contributed by atoms with Crippen LogP contribution in [0.5, 0.6) is 5.75 Å². The highest BCUT2D eigenvalue weighted by molar-refractivity contribution is 6.01. The van der Waals surface area contributed by atoms with Gasteiger partial charge in [-0.1, -0.05) is 18.2 Å². The number of benzene rings is 1. The van der Waals surface area contributed by atoms with Crippen molar-refractivity contribution in [3.63, 3.8) is 0 Å². The van der Waals surface area contributed by atoms with Crippen LogP contribution in [-0.2, 0) is 4.79 Å². The molecule has 0 aromatic heterocycles. The second-order valence-corrected chi connectivity index (χ2v) is 4.99. The maximum absolute atomic E-state index is 12.5. The zero-order chi connectivity index (χ0) is 15.0. The van der Waals surface area contributed by atoms with Gasteiger partial charge in [0.25, 0.3) is 5.91 Å². The molecule has 0 saturated heterocycles. The third-order valence-corrected chi connectivity index (χ3v) is 3.60. The largest absolute Gasteiger partial charge is 0.508 e. The summed E-state index contributed by atoms with van der Waals surface area (Å²) >= 11 is 0. The SMILES string of the molecule is C=CCN1CC2=C(C1=O)[C@H](c1ccc(O)cc1)NC(=O)N2. The van der Waals surface area contributed by atoms with E-state index in [4.69, 9.17) is 0 Å². The van der Waals surface area contributed by atoms with Crippen LogP contribution in [0.15, 0.2) is 48.2 Å². The van der Waals surface area contributed by atoms with Gasteiger partial charge in [-0.3, -0.25) is 4.79 Å². The molecule has 3 rings (SSSR count). The molecule has 3 amide bonds. The van der Waals surface area contributed by atoms with Crippen LogP contribution in [-0.4, -0.2) is 35.0 Å². The average molecular weight is 285 g/mol. The fraction of sp³-hybridized carbons (Fsp3) is 0.200. The monoisotopic (exact) mass is 285 g/mol. The topological polar surface area (TPSA) is 81.7 Å². The molecule has 3 N–H and O–H groups in total. The van der Waals surface area contributed by atoms with E-state index in [1.165, 1.54) is 12.1 Å². The van der Waals surface area contributed by atoms with Crippen LogP contribution in [0.4, 0.5) is 4.79 Å². The lowest BCUT2D eigenvalue weighted by atomic mass is 9.96. The molecule has 21 heavy (non-hydrogen) atoms. The van der Waals surface area contributed by atoms with E-state index in [1.54, 1.807) is 23.1 Å². The smallest absolute Gasteiger partial charge is 0.319 e. The first kappa shape index (κ1) is 13.2. The summed E-state index contributed by atoms with van der Waals surface area (Å²) in [6.07, 6.45) is 1.65. The van der Waals surface area contributed by atoms with Gasteiger partial charge in [0.2, 0.25) is 0 Å². The highest BCUT2D eigenvalue weighted by Gasteiger charge is 2.39. The molecule has 0 aliphatic carbocycles. The first-order chi connectivity index (χ1) is 10.1. The minimum Gasteiger partial charge on any atom is -0.508 e. The fourth-order valence-electron chi connectivity index (χ4n) is 2.65. The van der Waals surface area contributed by atoms with E-state index in [-0.39, 0.29) is 17.7 Å². The Hall–Kier alpha value is -2.76. The molecule has 6 heteroatoms. The number of carbonyl (C=O) groups is 2. The van der Waals surface area contributed by atoms with Crippen LogP contribution >= 0.6 is 0 Å². The Morgan fingerprint density at radius 2 is 2.05 bits per heavy atom. The van der Waals surface area contributed by atoms with Gasteiger partial charge in [0.15, 0.2) is 0 Å². The molecule has 6 nitrogen and oxygen atoms in total. The van der Waals surface area contributed by atoms with Gasteiger partial charge in [-0.2, -0.15) is 0 Å². The van der Waals surface area contributed by atoms with E-state index < -0.39 is 6.04 Å². The highest BCUT2D eigenvalue weighted by atomic mass is 16.3. The number of amides is 3. The second kappa shape index (κ2) is 4.97. The van der Waals surface area contributed by atoms with E-state index >= 15 is 0 Å². The molecular formula is C15H15N3O3. The lowest BCUT2D eigenvalue weighted by molar-refractivity contribution is -0.125. The lowest BCUT2D eigenvalue weighted by Gasteiger charge is -2.25. The van der Waals surface area contributed by atoms with E-state index in [9.17, 15) is 14.7 Å². The fourth-order valence-corrected chi connectivity index (χ4v) is 2.65. The van der Waals surface area contributed by atoms with E-state index in [0.717, 1.165) is 5.56 Å². The molecule has 0 bridgehead atoms. The second-order valence-electron chi connectivity index (χ2n) is 4.99. The van der Waals surface area contributed by atoms with Gasteiger partial charge in [-0.25, -0.2) is 4.79 Å². The van der Waals surface area contributed by atoms with Gasteiger partial charge >= 0.3 is 6.03 Å². The summed E-state index contributed by atoms with van der Waals surface area (Å²) in [6.45, 7) is 4.45. The molecule has 2 aliphatic rings. The molecule has 0 saturated carbocycles. The summed E-state index contributed by atoms with van der Waals surface area (Å²) < 4.78 is 0. The summed E-state index contributed by atoms with van der Waals surface area (Å²) in [7, 11) is 0. The molecule has 0 unspecified atom stereocenters. The zero-order valence-electron chi connectivity index (χ0n) is 11.3. The maximum atomic E-state index is 12.5. The number of nitrogens with zero attached hydrogens (tertiary/aromatic N) is 1. The number of carbonyl (C=O) groups excluding carboxylic acids is 2. The summed E-state index contributed by atoms with van der Waals surface area (Å²) in [5.74, 6) is 0.0229. The first-order valence-corrected chi connectivity index (χ1v) is 6.60. The van der Waals surface area contributed by atoms with E-state index in [1.807, 2.05) is 0 Å². The maximum Gasteiger partial charge on any atom is 0.319 e. The molecule has 0 spiro atoms. The normalized spacial score (nSPS) is 21.0. The summed E-state index contributed by atoms with van der Waals surface area (Å²) in [5.41, 5.74) is 1.93. The third kappa shape index (κ3) is 2.24. The number of phenolic OH excluding ortho intramolecular Hbond substituents is 1. The van der Waals surface area contributed by atoms with Gasteiger partial charge < -0.3 is 20.6 Å². The van der Waals surface area contributed by atoms with Crippen molar-refractivity contribution in [1.82, 2.24) is 15.5 Å². The molecule has 1 atom stereocenters. The van der Waals surface area contributed by atoms with Crippen molar-refractivity contribution >= 4 is 11.9 Å². The Kier molecular flexibility index (Phi) is 3.13. The number of urea groups is 1. The third-order valence-electron chi connectivity index (χ3n) is 3.60. The van der Waals surface area contributed by atoms with E-state index in [2.05, 4.69) is 17.2 Å². The Morgan fingerprint density at radius 1 is 1.33 bits per heavy atom. The Morgan fingerprint density at radius 3 is 2.71 bits per heavy atom. The summed E-state index contributed by atoms with van der Waals surface area (Å²) in [5, 5.41) is 14.8. The number of rotatable bonds is 3. The Balaban J connectivity index is 1.98. The zero-order valence-corrected chi connectivity index (χ0v) is 11.3. The van der Waals surface area contributed by atoms with Crippen molar-refractivity contribution in [2.75, 3.05) is 13.1 Å². The van der Waals surface area contributed by atoms with Crippen LogP contribution in [0.2, 0.25) is 0 Å². The predicted molar refractivity (Wildman–Crippen MR) is 76.3 cm³/mol. The molecule has 1 aromatic carbocycles. The van der Waals surface area contributed by atoms with Gasteiger partial charge in [-0.15, -0.1) is 6.58 Å². The molecule has 0 radical (unpaired) electrons. The van der Waals surface area contributed by atoms with Crippen molar-refractivity contribution in [2.45, 2.75) is 6.04 Å². The summed E-state index contributed by atoms with van der Waals surface area (Å²) in [6, 6.07) is 5.62. The highest BCUT2D eigenvalue weighted by Crippen LogP contribution is 2.32. The number of phenols is 1. The van der Waals surface area contributed by atoms with Crippen molar-refractivity contribution in [1.29, 1.82) is 0 Å². The van der Waals surface area contributed by atoms with Gasteiger partial charge in [0, 0.05) is 6.54 Å². The quantitative estimate of drug-likeness (QED) is 0.725. The Labute approximate surface area is 121 Å². The summed E-state index contributed by atoms with van der Waals surface area (Å²) in [4.78, 5) is 25.9. The van der Waals surface area contributed by atoms with Gasteiger partial charge in [0.05, 0.1) is 23.9 Å². The molecule has 2 heterocycles. The van der Waals surface area contributed by atoms with Crippen molar-refractivity contribution in [3.05, 3.63) is 53.8 Å². The van der Waals surface area contributed by atoms with E-state index in [0.29, 0.717) is 24.4 Å². The number of hydrogen-bond donors (Lipinski definition) is 3. The van der Waals surface area contributed by atoms with Crippen LogP contribution in [0.1, 0.15) is 11.6 Å². The molecule has 1 aromatic rings. The minimum absolute atomic E-state index is 0.115. The average Bonchev–Trinajstić information content (AvgIpc) is 2.76. The van der Waals surface area contributed by atoms with Crippen LogP contribution in [0.25, 0.3) is 0 Å².